The number of ether oxygens (including phenoxy) is 4. The second-order valence-corrected chi connectivity index (χ2v) is 5.68. The first-order valence-corrected chi connectivity index (χ1v) is 7.78. The summed E-state index contributed by atoms with van der Waals surface area (Å²) in [4.78, 5) is 25.1. The molecule has 0 fully saturated rings. The van der Waals surface area contributed by atoms with E-state index in [1.807, 2.05) is 0 Å². The van der Waals surface area contributed by atoms with Crippen molar-refractivity contribution in [1.29, 1.82) is 0 Å². The fourth-order valence-electron chi connectivity index (χ4n) is 2.24. The maximum Gasteiger partial charge on any atom is 0.387 e. The van der Waals surface area contributed by atoms with Crippen LogP contribution < -0.4 is 9.64 Å². The lowest BCUT2D eigenvalue weighted by Gasteiger charge is -2.31. The minimum Gasteiger partial charge on any atom is -0.466 e. The topological polar surface area (TPSA) is 74.3 Å². The second-order valence-electron chi connectivity index (χ2n) is 4.83. The van der Waals surface area contributed by atoms with Crippen LogP contribution in [0.1, 0.15) is 0 Å². The third-order valence-electron chi connectivity index (χ3n) is 3.34. The zero-order valence-corrected chi connectivity index (χ0v) is 15.1. The third-order valence-corrected chi connectivity index (χ3v) is 3.96. The number of carbonyl (C=O) groups excluding carboxylic acids is 2. The standard InChI is InChI=1S/C15H13BrF3NO6/c1-23-13(21)7-5-25-6-20(12(7)14(22)24-2)10-3-8(16)11(4-9(10)17)26-15(18)19/h3-4,15H,5-6H2,1-2H3. The Balaban J connectivity index is 2.56. The van der Waals surface area contributed by atoms with Crippen molar-refractivity contribution in [2.75, 3.05) is 32.5 Å². The molecule has 0 spiro atoms. The normalized spacial score (nSPS) is 14.5. The summed E-state index contributed by atoms with van der Waals surface area (Å²) in [7, 11) is 2.19. The van der Waals surface area contributed by atoms with Gasteiger partial charge in [0.15, 0.2) is 5.82 Å². The van der Waals surface area contributed by atoms with Gasteiger partial charge in [0, 0.05) is 6.07 Å². The average Bonchev–Trinajstić information content (AvgIpc) is 2.62. The van der Waals surface area contributed by atoms with E-state index in [9.17, 15) is 22.8 Å². The number of esters is 2. The number of benzene rings is 1. The van der Waals surface area contributed by atoms with Crippen LogP contribution in [0.5, 0.6) is 5.75 Å². The first-order chi connectivity index (χ1) is 12.3. The largest absolute Gasteiger partial charge is 0.466 e. The Morgan fingerprint density at radius 3 is 2.46 bits per heavy atom. The van der Waals surface area contributed by atoms with Gasteiger partial charge in [-0.2, -0.15) is 8.78 Å². The van der Waals surface area contributed by atoms with Crippen LogP contribution in [0.25, 0.3) is 0 Å². The maximum absolute atomic E-state index is 14.5. The molecule has 11 heteroatoms. The molecule has 0 saturated carbocycles. The van der Waals surface area contributed by atoms with E-state index in [2.05, 4.69) is 30.1 Å². The molecule has 2 rings (SSSR count). The van der Waals surface area contributed by atoms with Gasteiger partial charge < -0.3 is 23.8 Å². The van der Waals surface area contributed by atoms with E-state index >= 15 is 0 Å². The predicted molar refractivity (Wildman–Crippen MR) is 85.1 cm³/mol. The van der Waals surface area contributed by atoms with Crippen molar-refractivity contribution in [2.24, 2.45) is 0 Å². The number of carbonyl (C=O) groups is 2. The summed E-state index contributed by atoms with van der Waals surface area (Å²) < 4.78 is 57.9. The van der Waals surface area contributed by atoms with Crippen LogP contribution in [0.3, 0.4) is 0 Å². The Morgan fingerprint density at radius 1 is 1.23 bits per heavy atom. The molecule has 0 amide bonds. The van der Waals surface area contributed by atoms with Crippen LogP contribution in [0.15, 0.2) is 27.9 Å². The van der Waals surface area contributed by atoms with E-state index in [0.29, 0.717) is 6.07 Å². The molecule has 1 aromatic rings. The van der Waals surface area contributed by atoms with Gasteiger partial charge in [-0.15, -0.1) is 0 Å². The molecule has 7 nitrogen and oxygen atoms in total. The SMILES string of the molecule is COC(=O)C1=C(C(=O)OC)N(c2cc(Br)c(OC(F)F)cc2F)COC1. The number of anilines is 1. The fraction of sp³-hybridized carbons (Fsp3) is 0.333. The van der Waals surface area contributed by atoms with Crippen LogP contribution in [0, 0.1) is 5.82 Å². The number of hydrogen-bond donors (Lipinski definition) is 0. The van der Waals surface area contributed by atoms with Crippen molar-refractivity contribution in [3.8, 4) is 5.75 Å². The Labute approximate surface area is 154 Å². The lowest BCUT2D eigenvalue weighted by molar-refractivity contribution is -0.140. The molecule has 1 aliphatic heterocycles. The van der Waals surface area contributed by atoms with E-state index in [-0.39, 0.29) is 34.8 Å². The first kappa shape index (κ1) is 20.0. The smallest absolute Gasteiger partial charge is 0.387 e. The number of rotatable bonds is 5. The summed E-state index contributed by atoms with van der Waals surface area (Å²) in [5, 5.41) is 0. The molecule has 1 heterocycles. The third kappa shape index (κ3) is 4.10. The van der Waals surface area contributed by atoms with E-state index in [1.165, 1.54) is 0 Å². The molecule has 1 aromatic carbocycles. The molecule has 0 saturated heterocycles. The van der Waals surface area contributed by atoms with Crippen molar-refractivity contribution in [3.05, 3.63) is 33.7 Å². The van der Waals surface area contributed by atoms with Gasteiger partial charge in [0.2, 0.25) is 0 Å². The quantitative estimate of drug-likeness (QED) is 0.652. The summed E-state index contributed by atoms with van der Waals surface area (Å²) in [5.41, 5.74) is -0.673. The Morgan fingerprint density at radius 2 is 1.88 bits per heavy atom. The first-order valence-electron chi connectivity index (χ1n) is 6.99. The van der Waals surface area contributed by atoms with Gasteiger partial charge in [0.1, 0.15) is 18.2 Å². The van der Waals surface area contributed by atoms with Crippen molar-refractivity contribution in [2.45, 2.75) is 6.61 Å². The summed E-state index contributed by atoms with van der Waals surface area (Å²) in [6.45, 7) is -3.68. The number of alkyl halides is 2. The van der Waals surface area contributed by atoms with E-state index < -0.39 is 30.1 Å². The summed E-state index contributed by atoms with van der Waals surface area (Å²) >= 11 is 2.99. The van der Waals surface area contributed by atoms with Crippen molar-refractivity contribution >= 4 is 33.6 Å². The van der Waals surface area contributed by atoms with Gasteiger partial charge in [-0.25, -0.2) is 14.0 Å². The molecule has 0 atom stereocenters. The van der Waals surface area contributed by atoms with Crippen LogP contribution >= 0.6 is 15.9 Å². The molecule has 0 radical (unpaired) electrons. The Bertz CT molecular complexity index is 755. The highest BCUT2D eigenvalue weighted by Crippen LogP contribution is 2.36. The van der Waals surface area contributed by atoms with Crippen LogP contribution in [-0.2, 0) is 23.8 Å². The van der Waals surface area contributed by atoms with E-state index in [4.69, 9.17) is 4.74 Å². The summed E-state index contributed by atoms with van der Waals surface area (Å²) in [6.07, 6.45) is 0. The molecule has 0 unspecified atom stereocenters. The number of nitrogens with zero attached hydrogens (tertiary/aromatic N) is 1. The van der Waals surface area contributed by atoms with Gasteiger partial charge in [0.25, 0.3) is 0 Å². The highest BCUT2D eigenvalue weighted by molar-refractivity contribution is 9.10. The lowest BCUT2D eigenvalue weighted by Crippen LogP contribution is -2.39. The van der Waals surface area contributed by atoms with Crippen LogP contribution in [0.4, 0.5) is 18.9 Å². The molecule has 26 heavy (non-hydrogen) atoms. The molecule has 0 aromatic heterocycles. The minimum atomic E-state index is -3.15. The van der Waals surface area contributed by atoms with Gasteiger partial charge >= 0.3 is 18.6 Å². The molecule has 0 aliphatic carbocycles. The number of halogens is 4. The number of hydrogen-bond acceptors (Lipinski definition) is 7. The summed E-state index contributed by atoms with van der Waals surface area (Å²) in [6, 6.07) is 1.83. The zero-order chi connectivity index (χ0) is 19.4. The minimum absolute atomic E-state index is 0.00334. The fourth-order valence-corrected chi connectivity index (χ4v) is 2.67. The van der Waals surface area contributed by atoms with Crippen LogP contribution in [0.2, 0.25) is 0 Å². The molecular weight excluding hydrogens is 427 g/mol. The van der Waals surface area contributed by atoms with Gasteiger partial charge in [0.05, 0.1) is 36.6 Å². The van der Waals surface area contributed by atoms with Crippen molar-refractivity contribution < 1.29 is 41.7 Å². The number of methoxy groups -OCH3 is 2. The van der Waals surface area contributed by atoms with Gasteiger partial charge in [-0.1, -0.05) is 0 Å². The average molecular weight is 440 g/mol. The van der Waals surface area contributed by atoms with Crippen molar-refractivity contribution in [3.63, 3.8) is 0 Å². The Hall–Kier alpha value is -2.27. The highest BCUT2D eigenvalue weighted by Gasteiger charge is 2.34. The monoisotopic (exact) mass is 439 g/mol. The lowest BCUT2D eigenvalue weighted by atomic mass is 10.1. The molecule has 0 N–H and O–H groups in total. The molecule has 0 bridgehead atoms. The van der Waals surface area contributed by atoms with E-state index in [0.717, 1.165) is 25.2 Å². The van der Waals surface area contributed by atoms with Crippen LogP contribution in [-0.4, -0.2) is 46.1 Å². The summed E-state index contributed by atoms with van der Waals surface area (Å²) in [5.74, 6) is -3.19. The van der Waals surface area contributed by atoms with E-state index in [1.54, 1.807) is 0 Å². The molecular formula is C15H13BrF3NO6. The zero-order valence-electron chi connectivity index (χ0n) is 13.6. The van der Waals surface area contributed by atoms with Gasteiger partial charge in [-0.3, -0.25) is 0 Å². The second kappa shape index (κ2) is 8.41. The van der Waals surface area contributed by atoms with Crippen molar-refractivity contribution in [1.82, 2.24) is 0 Å². The Kier molecular flexibility index (Phi) is 6.48. The molecule has 1 aliphatic rings. The van der Waals surface area contributed by atoms with Gasteiger partial charge in [-0.05, 0) is 22.0 Å². The maximum atomic E-state index is 14.5. The highest BCUT2D eigenvalue weighted by atomic mass is 79.9. The predicted octanol–water partition coefficient (Wildman–Crippen LogP) is 2.58. The molecule has 142 valence electrons.